The zero-order chi connectivity index (χ0) is 18.5. The van der Waals surface area contributed by atoms with Crippen molar-refractivity contribution in [2.45, 2.75) is 12.1 Å². The lowest BCUT2D eigenvalue weighted by Crippen LogP contribution is -2.06. The molecule has 0 saturated carbocycles. The third-order valence-corrected chi connectivity index (χ3v) is 4.54. The fourth-order valence-corrected chi connectivity index (χ4v) is 3.26. The Morgan fingerprint density at radius 3 is 2.62 bits per heavy atom. The molecule has 4 nitrogen and oxygen atoms in total. The molecule has 6 heteroatoms. The largest absolute Gasteiger partial charge is 0.496 e. The van der Waals surface area contributed by atoms with Gasteiger partial charge in [-0.3, -0.25) is 4.79 Å². The van der Waals surface area contributed by atoms with E-state index in [4.69, 9.17) is 4.74 Å². The van der Waals surface area contributed by atoms with Gasteiger partial charge in [-0.05, 0) is 31.2 Å². The molecule has 3 rings (SSSR count). The van der Waals surface area contributed by atoms with Gasteiger partial charge in [0, 0.05) is 11.3 Å². The molecule has 0 aliphatic heterocycles. The first-order valence-corrected chi connectivity index (χ1v) is 8.96. The van der Waals surface area contributed by atoms with Crippen molar-refractivity contribution in [1.82, 2.24) is 9.97 Å². The van der Waals surface area contributed by atoms with Crippen molar-refractivity contribution in [1.29, 1.82) is 0 Å². The molecule has 0 radical (unpaired) electrons. The number of halogens is 1. The van der Waals surface area contributed by atoms with Gasteiger partial charge in [0.25, 0.3) is 0 Å². The van der Waals surface area contributed by atoms with Crippen LogP contribution in [0.4, 0.5) is 4.39 Å². The molecule has 2 aromatic carbocycles. The molecule has 0 atom stereocenters. The average molecular weight is 368 g/mol. The van der Waals surface area contributed by atoms with Crippen molar-refractivity contribution in [2.24, 2.45) is 0 Å². The SMILES string of the molecule is COc1ccc(F)cc1C(=O)CSc1nc(C)cc(-c2ccccc2)n1. The summed E-state index contributed by atoms with van der Waals surface area (Å²) in [6, 6.07) is 15.6. The second-order valence-corrected chi connectivity index (χ2v) is 6.54. The van der Waals surface area contributed by atoms with Gasteiger partial charge >= 0.3 is 0 Å². The van der Waals surface area contributed by atoms with E-state index in [1.54, 1.807) is 0 Å². The Morgan fingerprint density at radius 1 is 1.12 bits per heavy atom. The predicted octanol–water partition coefficient (Wildman–Crippen LogP) is 4.57. The highest BCUT2D eigenvalue weighted by molar-refractivity contribution is 7.99. The number of hydrogen-bond donors (Lipinski definition) is 0. The number of benzene rings is 2. The standard InChI is InChI=1S/C20H17FN2O2S/c1-13-10-17(14-6-4-3-5-7-14)23-20(22-13)26-12-18(24)16-11-15(21)8-9-19(16)25-2/h3-11H,12H2,1-2H3. The smallest absolute Gasteiger partial charge is 0.188 e. The third kappa shape index (κ3) is 4.26. The maximum atomic E-state index is 13.5. The summed E-state index contributed by atoms with van der Waals surface area (Å²) in [5, 5.41) is 0.507. The monoisotopic (exact) mass is 368 g/mol. The quantitative estimate of drug-likeness (QED) is 0.362. The van der Waals surface area contributed by atoms with Gasteiger partial charge in [-0.2, -0.15) is 0 Å². The molecule has 0 N–H and O–H groups in total. The van der Waals surface area contributed by atoms with E-state index in [1.165, 1.54) is 37.1 Å². The van der Waals surface area contributed by atoms with Gasteiger partial charge in [0.2, 0.25) is 0 Å². The van der Waals surface area contributed by atoms with Crippen LogP contribution in [-0.2, 0) is 0 Å². The number of nitrogens with zero attached hydrogens (tertiary/aromatic N) is 2. The Kier molecular flexibility index (Phi) is 5.63. The van der Waals surface area contributed by atoms with Crippen LogP contribution in [0.15, 0.2) is 59.8 Å². The van der Waals surface area contributed by atoms with Gasteiger partial charge in [-0.25, -0.2) is 14.4 Å². The van der Waals surface area contributed by atoms with E-state index in [0.717, 1.165) is 17.0 Å². The first-order valence-electron chi connectivity index (χ1n) is 7.97. The van der Waals surface area contributed by atoms with Crippen molar-refractivity contribution in [3.8, 4) is 17.0 Å². The summed E-state index contributed by atoms with van der Waals surface area (Å²) in [6.07, 6.45) is 0. The van der Waals surface area contributed by atoms with Crippen LogP contribution in [0.25, 0.3) is 11.3 Å². The van der Waals surface area contributed by atoms with Crippen molar-refractivity contribution in [3.63, 3.8) is 0 Å². The Balaban J connectivity index is 1.79. The van der Waals surface area contributed by atoms with E-state index < -0.39 is 5.82 Å². The van der Waals surface area contributed by atoms with Crippen LogP contribution >= 0.6 is 11.8 Å². The van der Waals surface area contributed by atoms with Gasteiger partial charge in [0.05, 0.1) is 24.1 Å². The van der Waals surface area contributed by atoms with Crippen LogP contribution in [0.1, 0.15) is 16.1 Å². The molecule has 0 bridgehead atoms. The average Bonchev–Trinajstić information content (AvgIpc) is 2.66. The number of aryl methyl sites for hydroxylation is 1. The molecule has 3 aromatic rings. The molecule has 132 valence electrons. The number of ether oxygens (including phenoxy) is 1. The van der Waals surface area contributed by atoms with E-state index in [-0.39, 0.29) is 17.1 Å². The van der Waals surface area contributed by atoms with E-state index in [2.05, 4.69) is 9.97 Å². The predicted molar refractivity (Wildman–Crippen MR) is 100 cm³/mol. The number of carbonyl (C=O) groups excluding carboxylic acids is 1. The Bertz CT molecular complexity index is 932. The maximum Gasteiger partial charge on any atom is 0.188 e. The summed E-state index contributed by atoms with van der Waals surface area (Å²) in [6.45, 7) is 1.88. The second kappa shape index (κ2) is 8.10. The molecule has 0 unspecified atom stereocenters. The lowest BCUT2D eigenvalue weighted by atomic mass is 10.1. The highest BCUT2D eigenvalue weighted by Gasteiger charge is 2.15. The first kappa shape index (κ1) is 18.1. The van der Waals surface area contributed by atoms with E-state index in [0.29, 0.717) is 10.9 Å². The summed E-state index contributed by atoms with van der Waals surface area (Å²) in [5.74, 6) is -0.264. The number of thioether (sulfide) groups is 1. The number of hydrogen-bond acceptors (Lipinski definition) is 5. The number of rotatable bonds is 6. The van der Waals surface area contributed by atoms with Gasteiger partial charge in [0.1, 0.15) is 11.6 Å². The minimum absolute atomic E-state index is 0.0947. The zero-order valence-corrected chi connectivity index (χ0v) is 15.2. The van der Waals surface area contributed by atoms with Crippen molar-refractivity contribution < 1.29 is 13.9 Å². The van der Waals surface area contributed by atoms with Crippen LogP contribution < -0.4 is 4.74 Å². The van der Waals surface area contributed by atoms with Crippen LogP contribution in [0.2, 0.25) is 0 Å². The molecule has 0 aliphatic rings. The Morgan fingerprint density at radius 2 is 1.88 bits per heavy atom. The summed E-state index contributed by atoms with van der Waals surface area (Å²) in [4.78, 5) is 21.4. The molecule has 1 aromatic heterocycles. The van der Waals surface area contributed by atoms with E-state index in [9.17, 15) is 9.18 Å². The molecule has 1 heterocycles. The zero-order valence-electron chi connectivity index (χ0n) is 14.4. The van der Waals surface area contributed by atoms with Crippen LogP contribution in [0.5, 0.6) is 5.75 Å². The summed E-state index contributed by atoms with van der Waals surface area (Å²) >= 11 is 1.22. The van der Waals surface area contributed by atoms with Crippen molar-refractivity contribution >= 4 is 17.5 Å². The summed E-state index contributed by atoms with van der Waals surface area (Å²) in [5.41, 5.74) is 2.82. The lowest BCUT2D eigenvalue weighted by molar-refractivity contribution is 0.101. The van der Waals surface area contributed by atoms with Crippen LogP contribution in [0.3, 0.4) is 0 Å². The van der Waals surface area contributed by atoms with Gasteiger partial charge in [-0.1, -0.05) is 42.1 Å². The number of ketones is 1. The van der Waals surface area contributed by atoms with Crippen molar-refractivity contribution in [3.05, 3.63) is 71.7 Å². The Labute approximate surface area is 155 Å². The number of carbonyl (C=O) groups is 1. The number of aromatic nitrogens is 2. The molecule has 0 aliphatic carbocycles. The maximum absolute atomic E-state index is 13.5. The van der Waals surface area contributed by atoms with E-state index in [1.807, 2.05) is 43.3 Å². The molecule has 0 spiro atoms. The normalized spacial score (nSPS) is 10.6. The van der Waals surface area contributed by atoms with Crippen LogP contribution in [0, 0.1) is 12.7 Å². The highest BCUT2D eigenvalue weighted by Crippen LogP contribution is 2.25. The van der Waals surface area contributed by atoms with Gasteiger partial charge in [0.15, 0.2) is 10.9 Å². The molecule has 26 heavy (non-hydrogen) atoms. The minimum Gasteiger partial charge on any atom is -0.496 e. The summed E-state index contributed by atoms with van der Waals surface area (Å²) in [7, 11) is 1.45. The third-order valence-electron chi connectivity index (χ3n) is 3.70. The number of methoxy groups -OCH3 is 1. The summed E-state index contributed by atoms with van der Waals surface area (Å²) < 4.78 is 18.6. The fourth-order valence-electron chi connectivity index (χ4n) is 2.47. The van der Waals surface area contributed by atoms with Crippen LogP contribution in [-0.4, -0.2) is 28.6 Å². The number of Topliss-reactive ketones (excluding diaryl/α,β-unsaturated/α-hetero) is 1. The van der Waals surface area contributed by atoms with E-state index >= 15 is 0 Å². The van der Waals surface area contributed by atoms with Gasteiger partial charge in [-0.15, -0.1) is 0 Å². The van der Waals surface area contributed by atoms with Crippen molar-refractivity contribution in [2.75, 3.05) is 12.9 Å². The highest BCUT2D eigenvalue weighted by atomic mass is 32.2. The first-order chi connectivity index (χ1) is 12.6. The second-order valence-electron chi connectivity index (χ2n) is 5.60. The molecule has 0 amide bonds. The molecule has 0 fully saturated rings. The molecular formula is C20H17FN2O2S. The topological polar surface area (TPSA) is 52.1 Å². The molecular weight excluding hydrogens is 351 g/mol. The fraction of sp³-hybridized carbons (Fsp3) is 0.150. The Hall–Kier alpha value is -2.73. The minimum atomic E-state index is -0.475. The lowest BCUT2D eigenvalue weighted by Gasteiger charge is -2.08. The molecule has 0 saturated heterocycles. The van der Waals surface area contributed by atoms with Gasteiger partial charge < -0.3 is 4.74 Å².